The highest BCUT2D eigenvalue weighted by Crippen LogP contribution is 2.50. The first-order chi connectivity index (χ1) is 12.5. The lowest BCUT2D eigenvalue weighted by molar-refractivity contribution is -0.134. The fraction of sp³-hybridized carbons (Fsp3) is 0.364. The van der Waals surface area contributed by atoms with E-state index in [0.29, 0.717) is 5.75 Å². The number of carbonyl (C=O) groups excluding carboxylic acids is 2. The molecule has 0 saturated carbocycles. The van der Waals surface area contributed by atoms with Crippen molar-refractivity contribution in [3.63, 3.8) is 0 Å². The lowest BCUT2D eigenvalue weighted by Gasteiger charge is -2.51. The fourth-order valence-corrected chi connectivity index (χ4v) is 4.79. The third-order valence-electron chi connectivity index (χ3n) is 5.85. The number of benzene rings is 2. The number of rotatable bonds is 2. The molecular weight excluding hydrogens is 326 g/mol. The van der Waals surface area contributed by atoms with E-state index in [0.717, 1.165) is 25.8 Å². The first kappa shape index (κ1) is 16.8. The Morgan fingerprint density at radius 3 is 2.58 bits per heavy atom. The molecule has 1 aliphatic heterocycles. The predicted octanol–water partition coefficient (Wildman–Crippen LogP) is 3.47. The summed E-state index contributed by atoms with van der Waals surface area (Å²) in [4.78, 5) is 25.5. The van der Waals surface area contributed by atoms with Crippen LogP contribution in [0.15, 0.2) is 48.5 Å². The van der Waals surface area contributed by atoms with Gasteiger partial charge in [0.15, 0.2) is 0 Å². The van der Waals surface area contributed by atoms with E-state index < -0.39 is 0 Å². The van der Waals surface area contributed by atoms with Crippen LogP contribution in [0.5, 0.6) is 5.75 Å². The van der Waals surface area contributed by atoms with E-state index in [2.05, 4.69) is 30.3 Å². The lowest BCUT2D eigenvalue weighted by Crippen LogP contribution is -2.54. The maximum Gasteiger partial charge on any atom is 0.308 e. The summed E-state index contributed by atoms with van der Waals surface area (Å²) < 4.78 is 5.35. The number of esters is 1. The molecule has 2 aromatic carbocycles. The van der Waals surface area contributed by atoms with Gasteiger partial charge in [0, 0.05) is 31.8 Å². The molecule has 0 N–H and O–H groups in total. The number of carbonyl (C=O) groups is 2. The second-order valence-electron chi connectivity index (χ2n) is 7.39. The average Bonchev–Trinajstić information content (AvgIpc) is 2.62. The summed E-state index contributed by atoms with van der Waals surface area (Å²) in [5, 5.41) is 0. The number of piperidine rings is 1. The van der Waals surface area contributed by atoms with Crippen molar-refractivity contribution in [1.82, 2.24) is 4.90 Å². The van der Waals surface area contributed by atoms with Gasteiger partial charge < -0.3 is 9.64 Å². The minimum absolute atomic E-state index is 0.137. The number of fused-ring (bicyclic) bond motifs is 4. The molecule has 2 unspecified atom stereocenters. The van der Waals surface area contributed by atoms with Crippen molar-refractivity contribution in [1.29, 1.82) is 0 Å². The van der Waals surface area contributed by atoms with Crippen molar-refractivity contribution in [2.24, 2.45) is 0 Å². The molecule has 4 rings (SSSR count). The maximum atomic E-state index is 12.1. The highest BCUT2D eigenvalue weighted by molar-refractivity contribution is 5.74. The van der Waals surface area contributed by atoms with Gasteiger partial charge in [-0.1, -0.05) is 36.4 Å². The second kappa shape index (κ2) is 6.27. The predicted molar refractivity (Wildman–Crippen MR) is 99.1 cm³/mol. The Balaban J connectivity index is 1.86. The molecule has 1 saturated heterocycles. The molecule has 1 aliphatic carbocycles. The van der Waals surface area contributed by atoms with E-state index in [9.17, 15) is 9.59 Å². The summed E-state index contributed by atoms with van der Waals surface area (Å²) >= 11 is 0. The van der Waals surface area contributed by atoms with Crippen molar-refractivity contribution < 1.29 is 14.3 Å². The number of hydrogen-bond acceptors (Lipinski definition) is 3. The van der Waals surface area contributed by atoms with E-state index in [4.69, 9.17) is 4.74 Å². The molecule has 134 valence electrons. The van der Waals surface area contributed by atoms with E-state index in [-0.39, 0.29) is 23.3 Å². The van der Waals surface area contributed by atoms with Gasteiger partial charge in [-0.05, 0) is 48.1 Å². The normalized spacial score (nSPS) is 23.9. The van der Waals surface area contributed by atoms with Gasteiger partial charge in [-0.25, -0.2) is 0 Å². The van der Waals surface area contributed by atoms with Gasteiger partial charge in [-0.2, -0.15) is 0 Å². The van der Waals surface area contributed by atoms with E-state index in [1.807, 2.05) is 23.1 Å². The molecule has 0 aromatic heterocycles. The summed E-state index contributed by atoms with van der Waals surface area (Å²) in [7, 11) is 0. The third-order valence-corrected chi connectivity index (χ3v) is 5.85. The Bertz CT molecular complexity index is 861. The largest absolute Gasteiger partial charge is 0.427 e. The molecule has 4 heteroatoms. The Morgan fingerprint density at radius 1 is 1.12 bits per heavy atom. The van der Waals surface area contributed by atoms with Gasteiger partial charge in [0.25, 0.3) is 0 Å². The summed E-state index contributed by atoms with van der Waals surface area (Å²) in [5.41, 5.74) is 3.62. The topological polar surface area (TPSA) is 46.6 Å². The first-order valence-electron chi connectivity index (χ1n) is 9.14. The molecule has 0 radical (unpaired) electrons. The molecule has 0 spiro atoms. The standard InChI is InChI=1S/C22H23NO3/c1-15(24)23-11-10-22(18-6-4-3-5-7-18)14-19(23)12-17-8-9-20(13-21(17)22)26-16(2)25/h3-9,13,19H,10-12,14H2,1-2H3. The van der Waals surface area contributed by atoms with Gasteiger partial charge in [-0.3, -0.25) is 9.59 Å². The van der Waals surface area contributed by atoms with Crippen LogP contribution in [0.3, 0.4) is 0 Å². The Hall–Kier alpha value is -2.62. The minimum Gasteiger partial charge on any atom is -0.427 e. The number of nitrogens with zero attached hydrogens (tertiary/aromatic N) is 1. The molecule has 2 atom stereocenters. The fourth-order valence-electron chi connectivity index (χ4n) is 4.79. The molecule has 1 heterocycles. The lowest BCUT2D eigenvalue weighted by atomic mass is 9.60. The molecule has 26 heavy (non-hydrogen) atoms. The number of ether oxygens (including phenoxy) is 1. The van der Waals surface area contributed by atoms with E-state index in [1.165, 1.54) is 23.6 Å². The third kappa shape index (κ3) is 2.70. The second-order valence-corrected chi connectivity index (χ2v) is 7.39. The van der Waals surface area contributed by atoms with Crippen molar-refractivity contribution in [2.45, 2.75) is 44.6 Å². The highest BCUT2D eigenvalue weighted by Gasteiger charge is 2.47. The number of likely N-dealkylation sites (tertiary alicyclic amines) is 1. The summed E-state index contributed by atoms with van der Waals surface area (Å²) in [6, 6.07) is 16.7. The number of amides is 1. The van der Waals surface area contributed by atoms with Crippen LogP contribution in [0.4, 0.5) is 0 Å². The smallest absolute Gasteiger partial charge is 0.308 e. The Labute approximate surface area is 153 Å². The van der Waals surface area contributed by atoms with Crippen molar-refractivity contribution in [3.8, 4) is 5.75 Å². The van der Waals surface area contributed by atoms with E-state index >= 15 is 0 Å². The van der Waals surface area contributed by atoms with Crippen molar-refractivity contribution in [3.05, 3.63) is 65.2 Å². The van der Waals surface area contributed by atoms with Crippen LogP contribution in [0.1, 0.15) is 43.4 Å². The van der Waals surface area contributed by atoms with Crippen LogP contribution in [-0.4, -0.2) is 29.4 Å². The highest BCUT2D eigenvalue weighted by atomic mass is 16.5. The van der Waals surface area contributed by atoms with Crippen molar-refractivity contribution in [2.75, 3.05) is 6.54 Å². The van der Waals surface area contributed by atoms with Crippen LogP contribution in [0.25, 0.3) is 0 Å². The first-order valence-corrected chi connectivity index (χ1v) is 9.14. The number of hydrogen-bond donors (Lipinski definition) is 0. The molecule has 1 amide bonds. The van der Waals surface area contributed by atoms with Crippen LogP contribution >= 0.6 is 0 Å². The quantitative estimate of drug-likeness (QED) is 0.616. The Morgan fingerprint density at radius 2 is 1.88 bits per heavy atom. The zero-order chi connectivity index (χ0) is 18.3. The maximum absolute atomic E-state index is 12.1. The molecule has 1 fully saturated rings. The van der Waals surface area contributed by atoms with Crippen LogP contribution in [-0.2, 0) is 21.4 Å². The zero-order valence-electron chi connectivity index (χ0n) is 15.2. The average molecular weight is 349 g/mol. The van der Waals surface area contributed by atoms with Gasteiger partial charge >= 0.3 is 5.97 Å². The molecular formula is C22H23NO3. The zero-order valence-corrected chi connectivity index (χ0v) is 15.2. The molecule has 2 bridgehead atoms. The van der Waals surface area contributed by atoms with Crippen LogP contribution in [0, 0.1) is 0 Å². The van der Waals surface area contributed by atoms with Gasteiger partial charge in [0.05, 0.1) is 0 Å². The monoisotopic (exact) mass is 349 g/mol. The summed E-state index contributed by atoms with van der Waals surface area (Å²) in [5.74, 6) is 0.439. The summed E-state index contributed by atoms with van der Waals surface area (Å²) in [6.07, 6.45) is 2.64. The van der Waals surface area contributed by atoms with E-state index in [1.54, 1.807) is 6.92 Å². The SMILES string of the molecule is CC(=O)Oc1ccc2c(c1)C1(c3ccccc3)CCN(C(C)=O)C(C2)C1. The molecule has 4 nitrogen and oxygen atoms in total. The summed E-state index contributed by atoms with van der Waals surface area (Å²) in [6.45, 7) is 3.84. The van der Waals surface area contributed by atoms with Gasteiger partial charge in [0.2, 0.25) is 5.91 Å². The van der Waals surface area contributed by atoms with Crippen LogP contribution in [0.2, 0.25) is 0 Å². The van der Waals surface area contributed by atoms with Crippen molar-refractivity contribution >= 4 is 11.9 Å². The molecule has 2 aliphatic rings. The Kier molecular flexibility index (Phi) is 4.06. The van der Waals surface area contributed by atoms with Gasteiger partial charge in [-0.15, -0.1) is 0 Å². The van der Waals surface area contributed by atoms with Crippen LogP contribution < -0.4 is 4.74 Å². The van der Waals surface area contributed by atoms with Gasteiger partial charge in [0.1, 0.15) is 5.75 Å². The minimum atomic E-state index is -0.307. The molecule has 2 aromatic rings.